The fourth-order valence-electron chi connectivity index (χ4n) is 3.16. The predicted molar refractivity (Wildman–Crippen MR) is 103 cm³/mol. The molecule has 0 bridgehead atoms. The number of rotatable bonds is 8. The van der Waals surface area contributed by atoms with Gasteiger partial charge in [0.2, 0.25) is 0 Å². The van der Waals surface area contributed by atoms with Crippen LogP contribution in [0.3, 0.4) is 0 Å². The Morgan fingerprint density at radius 2 is 2.07 bits per heavy atom. The van der Waals surface area contributed by atoms with Crippen LogP contribution in [0.5, 0.6) is 0 Å². The van der Waals surface area contributed by atoms with E-state index >= 15 is 0 Å². The molecular weight excluding hydrogens is 371 g/mol. The molecule has 27 heavy (non-hydrogen) atoms. The van der Waals surface area contributed by atoms with Crippen molar-refractivity contribution in [1.82, 2.24) is 9.78 Å². The minimum absolute atomic E-state index is 0.0409. The third-order valence-electron chi connectivity index (χ3n) is 4.58. The molecule has 0 radical (unpaired) electrons. The number of halogens is 2. The maximum atomic E-state index is 13.4. The van der Waals surface area contributed by atoms with Gasteiger partial charge < -0.3 is 10.2 Å². The Morgan fingerprint density at radius 1 is 1.41 bits per heavy atom. The molecule has 2 aromatic rings. The van der Waals surface area contributed by atoms with Gasteiger partial charge in [0.15, 0.2) is 0 Å². The van der Waals surface area contributed by atoms with Crippen LogP contribution in [0.25, 0.3) is 5.69 Å². The maximum absolute atomic E-state index is 13.4. The molecule has 7 heteroatoms. The summed E-state index contributed by atoms with van der Waals surface area (Å²) >= 11 is 5.85. The van der Waals surface area contributed by atoms with Gasteiger partial charge in [-0.1, -0.05) is 31.4 Å². The van der Waals surface area contributed by atoms with E-state index in [4.69, 9.17) is 11.6 Å². The molecule has 0 aliphatic rings. The number of aliphatic hydroxyl groups is 1. The number of nitrogens with zero attached hydrogens (tertiary/aromatic N) is 2. The number of aromatic nitrogens is 2. The Hall–Kier alpha value is -1.92. The third-order valence-corrected chi connectivity index (χ3v) is 4.87. The number of hydrogen-bond acceptors (Lipinski definition) is 3. The number of carbonyl (C=O) groups is 1. The molecule has 0 fully saturated rings. The second kappa shape index (κ2) is 8.40. The second-order valence-electron chi connectivity index (χ2n) is 7.74. The van der Waals surface area contributed by atoms with Crippen LogP contribution < -0.4 is 0 Å². The molecule has 0 aliphatic carbocycles. The lowest BCUT2D eigenvalue weighted by molar-refractivity contribution is 0.0669. The molecule has 0 amide bonds. The number of carboxylic acid groups (broad SMARTS) is 1. The summed E-state index contributed by atoms with van der Waals surface area (Å²) < 4.78 is 14.9. The van der Waals surface area contributed by atoms with Crippen molar-refractivity contribution in [2.45, 2.75) is 59.0 Å². The molecule has 1 aromatic heterocycles. The SMILES string of the molecule is Cc1c(C(=O)O)c(CC(C)CCCC(C)(C)O)nn1-c1ccc(F)c(Cl)c1. The van der Waals surface area contributed by atoms with E-state index in [0.717, 1.165) is 12.8 Å². The van der Waals surface area contributed by atoms with Gasteiger partial charge >= 0.3 is 5.97 Å². The van der Waals surface area contributed by atoms with Gasteiger partial charge in [-0.3, -0.25) is 0 Å². The van der Waals surface area contributed by atoms with Crippen molar-refractivity contribution in [3.8, 4) is 5.69 Å². The van der Waals surface area contributed by atoms with Crippen molar-refractivity contribution in [2.75, 3.05) is 0 Å². The Morgan fingerprint density at radius 3 is 2.63 bits per heavy atom. The Kier molecular flexibility index (Phi) is 6.65. The maximum Gasteiger partial charge on any atom is 0.339 e. The van der Waals surface area contributed by atoms with Gasteiger partial charge in [-0.2, -0.15) is 5.10 Å². The molecule has 1 heterocycles. The Bertz CT molecular complexity index is 827. The largest absolute Gasteiger partial charge is 0.478 e. The number of hydrogen-bond donors (Lipinski definition) is 2. The number of benzene rings is 1. The van der Waals surface area contributed by atoms with Crippen LogP contribution in [0.1, 0.15) is 61.8 Å². The highest BCUT2D eigenvalue weighted by atomic mass is 35.5. The van der Waals surface area contributed by atoms with Crippen LogP contribution in [0.2, 0.25) is 5.02 Å². The first-order valence-electron chi connectivity index (χ1n) is 8.99. The van der Waals surface area contributed by atoms with E-state index in [1.165, 1.54) is 22.9 Å². The zero-order chi connectivity index (χ0) is 20.4. The monoisotopic (exact) mass is 396 g/mol. The van der Waals surface area contributed by atoms with E-state index in [2.05, 4.69) is 5.10 Å². The average molecular weight is 397 g/mol. The summed E-state index contributed by atoms with van der Waals surface area (Å²) in [5, 5.41) is 23.9. The summed E-state index contributed by atoms with van der Waals surface area (Å²) in [5.74, 6) is -1.36. The summed E-state index contributed by atoms with van der Waals surface area (Å²) in [6.45, 7) is 7.27. The fourth-order valence-corrected chi connectivity index (χ4v) is 3.34. The van der Waals surface area contributed by atoms with Gasteiger partial charge in [0.25, 0.3) is 0 Å². The van der Waals surface area contributed by atoms with Gasteiger partial charge in [0.1, 0.15) is 11.4 Å². The van der Waals surface area contributed by atoms with Crippen LogP contribution in [0.15, 0.2) is 18.2 Å². The van der Waals surface area contributed by atoms with Crippen LogP contribution in [0.4, 0.5) is 4.39 Å². The zero-order valence-electron chi connectivity index (χ0n) is 16.1. The summed E-state index contributed by atoms with van der Waals surface area (Å²) in [6, 6.07) is 4.18. The lowest BCUT2D eigenvalue weighted by atomic mass is 9.93. The Labute approximate surface area is 163 Å². The second-order valence-corrected chi connectivity index (χ2v) is 8.14. The van der Waals surface area contributed by atoms with E-state index in [1.54, 1.807) is 20.8 Å². The molecule has 0 saturated heterocycles. The lowest BCUT2D eigenvalue weighted by Crippen LogP contribution is -2.18. The van der Waals surface area contributed by atoms with E-state index in [0.29, 0.717) is 29.9 Å². The van der Waals surface area contributed by atoms with Gasteiger partial charge in [-0.25, -0.2) is 13.9 Å². The molecule has 2 rings (SSSR count). The van der Waals surface area contributed by atoms with Gasteiger partial charge in [0, 0.05) is 0 Å². The third kappa shape index (κ3) is 5.53. The molecule has 1 unspecified atom stereocenters. The molecule has 5 nitrogen and oxygen atoms in total. The first-order chi connectivity index (χ1) is 12.5. The molecule has 2 N–H and O–H groups in total. The smallest absolute Gasteiger partial charge is 0.339 e. The minimum Gasteiger partial charge on any atom is -0.478 e. The van der Waals surface area contributed by atoms with E-state index in [1.807, 2.05) is 6.92 Å². The fraction of sp³-hybridized carbons (Fsp3) is 0.500. The predicted octanol–water partition coefficient (Wildman–Crippen LogP) is 4.79. The molecule has 0 spiro atoms. The van der Waals surface area contributed by atoms with Crippen LogP contribution in [-0.4, -0.2) is 31.6 Å². The molecule has 1 aromatic carbocycles. The topological polar surface area (TPSA) is 75.3 Å². The van der Waals surface area contributed by atoms with E-state index in [-0.39, 0.29) is 16.5 Å². The molecule has 0 saturated carbocycles. The van der Waals surface area contributed by atoms with E-state index in [9.17, 15) is 19.4 Å². The quantitative estimate of drug-likeness (QED) is 0.672. The average Bonchev–Trinajstić information content (AvgIpc) is 2.85. The summed E-state index contributed by atoms with van der Waals surface area (Å²) in [4.78, 5) is 11.8. The first kappa shape index (κ1) is 21.4. The molecule has 0 aliphatic heterocycles. The number of aromatic carboxylic acids is 1. The van der Waals surface area contributed by atoms with E-state index < -0.39 is 17.4 Å². The molecule has 1 atom stereocenters. The number of carboxylic acids is 1. The highest BCUT2D eigenvalue weighted by Gasteiger charge is 2.23. The molecule has 148 valence electrons. The van der Waals surface area contributed by atoms with Crippen molar-refractivity contribution < 1.29 is 19.4 Å². The van der Waals surface area contributed by atoms with Gasteiger partial charge in [0.05, 0.1) is 27.7 Å². The lowest BCUT2D eigenvalue weighted by Gasteiger charge is -2.18. The van der Waals surface area contributed by atoms with Crippen molar-refractivity contribution in [1.29, 1.82) is 0 Å². The van der Waals surface area contributed by atoms with Crippen LogP contribution >= 0.6 is 11.6 Å². The van der Waals surface area contributed by atoms with Crippen LogP contribution in [-0.2, 0) is 6.42 Å². The van der Waals surface area contributed by atoms with Gasteiger partial charge in [-0.05, 0) is 57.7 Å². The van der Waals surface area contributed by atoms with Crippen molar-refractivity contribution in [2.24, 2.45) is 5.92 Å². The zero-order valence-corrected chi connectivity index (χ0v) is 16.8. The highest BCUT2D eigenvalue weighted by molar-refractivity contribution is 6.30. The minimum atomic E-state index is -1.04. The van der Waals surface area contributed by atoms with Gasteiger partial charge in [-0.15, -0.1) is 0 Å². The first-order valence-corrected chi connectivity index (χ1v) is 9.37. The van der Waals surface area contributed by atoms with Crippen molar-refractivity contribution in [3.63, 3.8) is 0 Å². The standard InChI is InChI=1S/C20H26ClFN2O3/c1-12(6-5-9-20(3,4)27)10-17-18(19(25)26)13(2)24(23-17)14-7-8-16(22)15(21)11-14/h7-8,11-12,27H,5-6,9-10H2,1-4H3,(H,25,26). The van der Waals surface area contributed by atoms with Crippen LogP contribution in [0, 0.1) is 18.7 Å². The summed E-state index contributed by atoms with van der Waals surface area (Å²) in [5.41, 5.74) is 0.957. The van der Waals surface area contributed by atoms with Crippen molar-refractivity contribution in [3.05, 3.63) is 46.0 Å². The highest BCUT2D eigenvalue weighted by Crippen LogP contribution is 2.25. The summed E-state index contributed by atoms with van der Waals surface area (Å²) in [6.07, 6.45) is 2.90. The normalized spacial score (nSPS) is 13.0. The summed E-state index contributed by atoms with van der Waals surface area (Å²) in [7, 11) is 0. The van der Waals surface area contributed by atoms with Crippen molar-refractivity contribution >= 4 is 17.6 Å². The molecular formula is C20H26ClFN2O3. The Balaban J connectivity index is 2.26.